The number of hydrogen-bond donors (Lipinski definition) is 1. The molecule has 0 rings (SSSR count). The number of hydrogen-bond acceptors (Lipinski definition) is 1. The van der Waals surface area contributed by atoms with Crippen LogP contribution < -0.4 is 5.90 Å². The minimum Gasteiger partial charge on any atom is -0.181 e. The zero-order valence-corrected chi connectivity index (χ0v) is 12.9. The van der Waals surface area contributed by atoms with E-state index in [1.165, 1.54) is 89.9 Å². The SMILES string of the molecule is CCCCCCCCCCCCCCCC.N[O]. The smallest absolute Gasteiger partial charge is 0.0533 e. The minimum atomic E-state index is 1.37. The van der Waals surface area contributed by atoms with Crippen LogP contribution in [0.3, 0.4) is 0 Å². The fraction of sp³-hybridized carbons (Fsp3) is 1.00. The van der Waals surface area contributed by atoms with E-state index in [0.29, 0.717) is 0 Å². The zero-order chi connectivity index (χ0) is 13.9. The summed E-state index contributed by atoms with van der Waals surface area (Å²) in [5, 5.41) is 7.75. The molecule has 0 unspecified atom stereocenters. The molecule has 1 radical (unpaired) electrons. The standard InChI is InChI=1S/C16H34.H2NO/c1-3-5-7-9-11-13-15-16-14-12-10-8-6-4-2;1-2/h3-16H2,1-2H3;1H2. The number of unbranched alkanes of at least 4 members (excludes halogenated alkanes) is 13. The summed E-state index contributed by atoms with van der Waals surface area (Å²) < 4.78 is 0. The average Bonchev–Trinajstić information content (AvgIpc) is 2.42. The van der Waals surface area contributed by atoms with Crippen molar-refractivity contribution < 1.29 is 5.21 Å². The summed E-state index contributed by atoms with van der Waals surface area (Å²) in [6.07, 6.45) is 20.4. The van der Waals surface area contributed by atoms with Crippen LogP contribution in [0, 0.1) is 0 Å². The van der Waals surface area contributed by atoms with Crippen molar-refractivity contribution in [2.75, 3.05) is 0 Å². The Morgan fingerprint density at radius 2 is 0.611 bits per heavy atom. The molecule has 0 amide bonds. The van der Waals surface area contributed by atoms with Gasteiger partial charge in [-0.25, -0.2) is 0 Å². The van der Waals surface area contributed by atoms with Crippen LogP contribution in [0.25, 0.3) is 0 Å². The second-order valence-corrected chi connectivity index (χ2v) is 5.24. The molecule has 0 aliphatic carbocycles. The maximum Gasteiger partial charge on any atom is -0.0533 e. The molecule has 0 aromatic rings. The fourth-order valence-corrected chi connectivity index (χ4v) is 2.27. The molecule has 111 valence electrons. The molecule has 0 fully saturated rings. The predicted octanol–water partition coefficient (Wildman–Crippen LogP) is 5.78. The third-order valence-electron chi connectivity index (χ3n) is 3.46. The topological polar surface area (TPSA) is 45.9 Å². The van der Waals surface area contributed by atoms with E-state index in [1.807, 2.05) is 0 Å². The fourth-order valence-electron chi connectivity index (χ4n) is 2.27. The molecule has 0 aromatic heterocycles. The lowest BCUT2D eigenvalue weighted by atomic mass is 10.0. The molecule has 0 aromatic carbocycles. The van der Waals surface area contributed by atoms with Gasteiger partial charge in [-0.3, -0.25) is 0 Å². The Bertz CT molecular complexity index is 104. The van der Waals surface area contributed by atoms with Gasteiger partial charge in [0, 0.05) is 0 Å². The summed E-state index contributed by atoms with van der Waals surface area (Å²) in [4.78, 5) is 0. The van der Waals surface area contributed by atoms with Gasteiger partial charge in [0.25, 0.3) is 0 Å². The van der Waals surface area contributed by atoms with Crippen molar-refractivity contribution in [2.45, 2.75) is 104 Å². The molecule has 0 aliphatic heterocycles. The minimum absolute atomic E-state index is 1.37. The first-order valence-electron chi connectivity index (χ1n) is 8.15. The highest BCUT2D eigenvalue weighted by Gasteiger charge is 1.92. The van der Waals surface area contributed by atoms with Crippen LogP contribution in [-0.4, -0.2) is 0 Å². The highest BCUT2D eigenvalue weighted by molar-refractivity contribution is 4.48. The summed E-state index contributed by atoms with van der Waals surface area (Å²) in [6, 6.07) is 0. The molecule has 18 heavy (non-hydrogen) atoms. The highest BCUT2D eigenvalue weighted by Crippen LogP contribution is 2.12. The molecule has 2 nitrogen and oxygen atoms in total. The second-order valence-electron chi connectivity index (χ2n) is 5.24. The van der Waals surface area contributed by atoms with Gasteiger partial charge in [-0.1, -0.05) is 104 Å². The van der Waals surface area contributed by atoms with Gasteiger partial charge in [0.1, 0.15) is 0 Å². The van der Waals surface area contributed by atoms with Crippen LogP contribution in [0.4, 0.5) is 0 Å². The Morgan fingerprint density at radius 1 is 0.444 bits per heavy atom. The van der Waals surface area contributed by atoms with E-state index in [1.54, 1.807) is 0 Å². The van der Waals surface area contributed by atoms with E-state index in [0.717, 1.165) is 0 Å². The lowest BCUT2D eigenvalue weighted by Gasteiger charge is -2.02. The van der Waals surface area contributed by atoms with E-state index >= 15 is 0 Å². The average molecular weight is 258 g/mol. The predicted molar refractivity (Wildman–Crippen MR) is 80.9 cm³/mol. The summed E-state index contributed by atoms with van der Waals surface area (Å²) in [7, 11) is 0. The van der Waals surface area contributed by atoms with Crippen molar-refractivity contribution in [3.05, 3.63) is 0 Å². The van der Waals surface area contributed by atoms with Gasteiger partial charge >= 0.3 is 0 Å². The van der Waals surface area contributed by atoms with Gasteiger partial charge in [-0.2, -0.15) is 5.90 Å². The Morgan fingerprint density at radius 3 is 0.778 bits per heavy atom. The van der Waals surface area contributed by atoms with E-state index in [2.05, 4.69) is 19.7 Å². The second kappa shape index (κ2) is 22.1. The summed E-state index contributed by atoms with van der Waals surface area (Å²) in [5.74, 6) is 3.25. The lowest BCUT2D eigenvalue weighted by molar-refractivity contribution is 0.201. The molecule has 0 spiro atoms. The van der Waals surface area contributed by atoms with Crippen molar-refractivity contribution >= 4 is 0 Å². The normalized spacial score (nSPS) is 10.0. The number of rotatable bonds is 13. The van der Waals surface area contributed by atoms with Crippen molar-refractivity contribution in [2.24, 2.45) is 5.90 Å². The summed E-state index contributed by atoms with van der Waals surface area (Å²) in [5.41, 5.74) is 0. The van der Waals surface area contributed by atoms with Crippen LogP contribution >= 0.6 is 0 Å². The van der Waals surface area contributed by atoms with Gasteiger partial charge in [0.05, 0.1) is 0 Å². The van der Waals surface area contributed by atoms with E-state index in [-0.39, 0.29) is 0 Å². The first kappa shape index (κ1) is 20.2. The molecule has 2 heteroatoms. The molecule has 0 saturated heterocycles. The lowest BCUT2D eigenvalue weighted by Crippen LogP contribution is -1.82. The Labute approximate surface area is 115 Å². The van der Waals surface area contributed by atoms with Crippen molar-refractivity contribution in [3.8, 4) is 0 Å². The molecule has 0 saturated carbocycles. The summed E-state index contributed by atoms with van der Waals surface area (Å²) in [6.45, 7) is 4.58. The molecule has 0 atom stereocenters. The first-order valence-corrected chi connectivity index (χ1v) is 8.15. The largest absolute Gasteiger partial charge is 0.181 e. The van der Waals surface area contributed by atoms with E-state index < -0.39 is 0 Å². The molecule has 0 heterocycles. The van der Waals surface area contributed by atoms with Gasteiger partial charge in [0.15, 0.2) is 0 Å². The molecular weight excluding hydrogens is 222 g/mol. The highest BCUT2D eigenvalue weighted by atomic mass is 16.4. The Hall–Kier alpha value is -0.0800. The summed E-state index contributed by atoms with van der Waals surface area (Å²) >= 11 is 0. The monoisotopic (exact) mass is 258 g/mol. The third kappa shape index (κ3) is 21.2. The Balaban J connectivity index is 0. The maximum absolute atomic E-state index is 7.75. The van der Waals surface area contributed by atoms with E-state index in [9.17, 15) is 0 Å². The van der Waals surface area contributed by atoms with Crippen molar-refractivity contribution in [3.63, 3.8) is 0 Å². The van der Waals surface area contributed by atoms with Crippen molar-refractivity contribution in [1.29, 1.82) is 0 Å². The van der Waals surface area contributed by atoms with Gasteiger partial charge < -0.3 is 0 Å². The van der Waals surface area contributed by atoms with Crippen LogP contribution in [0.1, 0.15) is 104 Å². The van der Waals surface area contributed by atoms with Crippen LogP contribution in [0.15, 0.2) is 0 Å². The Kier molecular flexibility index (Phi) is 24.9. The van der Waals surface area contributed by atoms with Crippen LogP contribution in [-0.2, 0) is 5.21 Å². The first-order chi connectivity index (χ1) is 8.91. The van der Waals surface area contributed by atoms with E-state index in [4.69, 9.17) is 5.21 Å². The maximum atomic E-state index is 7.75. The molecular formula is C16H36NO. The molecule has 0 bridgehead atoms. The third-order valence-corrected chi connectivity index (χ3v) is 3.46. The molecule has 0 aliphatic rings. The van der Waals surface area contributed by atoms with Crippen LogP contribution in [0.2, 0.25) is 0 Å². The van der Waals surface area contributed by atoms with Crippen molar-refractivity contribution in [1.82, 2.24) is 0 Å². The van der Waals surface area contributed by atoms with Gasteiger partial charge in [-0.05, 0) is 0 Å². The van der Waals surface area contributed by atoms with Gasteiger partial charge in [0.2, 0.25) is 0 Å². The quantitative estimate of drug-likeness (QED) is 0.330. The molecule has 2 N–H and O–H groups in total. The number of nitrogens with two attached hydrogens (primary N) is 1. The zero-order valence-electron chi connectivity index (χ0n) is 12.9. The van der Waals surface area contributed by atoms with Gasteiger partial charge in [-0.15, -0.1) is 5.21 Å². The van der Waals surface area contributed by atoms with Crippen LogP contribution in [0.5, 0.6) is 0 Å².